The predicted molar refractivity (Wildman–Crippen MR) is 80.3 cm³/mol. The van der Waals surface area contributed by atoms with Crippen LogP contribution >= 0.6 is 0 Å². The topological polar surface area (TPSA) is 29.5 Å². The van der Waals surface area contributed by atoms with Crippen molar-refractivity contribution in [3.8, 4) is 0 Å². The first-order chi connectivity index (χ1) is 9.65. The van der Waals surface area contributed by atoms with Crippen LogP contribution in [0.1, 0.15) is 38.8 Å². The Morgan fingerprint density at radius 2 is 2.10 bits per heavy atom. The highest BCUT2D eigenvalue weighted by molar-refractivity contribution is 5.76. The van der Waals surface area contributed by atoms with Gasteiger partial charge in [0.2, 0.25) is 0 Å². The van der Waals surface area contributed by atoms with Crippen LogP contribution < -0.4 is 0 Å². The average molecular weight is 273 g/mol. The fourth-order valence-electron chi connectivity index (χ4n) is 2.89. The molecule has 20 heavy (non-hydrogen) atoms. The zero-order valence-corrected chi connectivity index (χ0v) is 12.5. The number of rotatable bonds is 4. The Bertz CT molecular complexity index is 469. The lowest BCUT2D eigenvalue weighted by atomic mass is 9.97. The molecule has 1 aromatic rings. The second-order valence-corrected chi connectivity index (χ2v) is 5.21. The highest BCUT2D eigenvalue weighted by Crippen LogP contribution is 2.29. The maximum Gasteiger partial charge on any atom is 0.323 e. The Morgan fingerprint density at radius 1 is 1.40 bits per heavy atom. The molecule has 1 aliphatic heterocycles. The van der Waals surface area contributed by atoms with Crippen LogP contribution in [0.3, 0.4) is 0 Å². The fraction of sp³-hybridized carbons (Fsp3) is 0.471. The van der Waals surface area contributed by atoms with Gasteiger partial charge in [0.15, 0.2) is 0 Å². The summed E-state index contributed by atoms with van der Waals surface area (Å²) in [5, 5.41) is 0. The summed E-state index contributed by atoms with van der Waals surface area (Å²) in [7, 11) is 0. The lowest BCUT2D eigenvalue weighted by Gasteiger charge is -2.40. The summed E-state index contributed by atoms with van der Waals surface area (Å²) in [6.07, 6.45) is 4.97. The number of ether oxygens (including phenoxy) is 1. The molecule has 1 heterocycles. The molecule has 3 atom stereocenters. The third-order valence-corrected chi connectivity index (χ3v) is 3.89. The van der Waals surface area contributed by atoms with Gasteiger partial charge in [0.1, 0.15) is 6.04 Å². The Hall–Kier alpha value is -1.61. The molecule has 1 aromatic carbocycles. The van der Waals surface area contributed by atoms with Crippen molar-refractivity contribution >= 4 is 5.97 Å². The van der Waals surface area contributed by atoms with Gasteiger partial charge in [-0.25, -0.2) is 0 Å². The van der Waals surface area contributed by atoms with E-state index < -0.39 is 0 Å². The lowest BCUT2D eigenvalue weighted by Crippen LogP contribution is -2.49. The van der Waals surface area contributed by atoms with Gasteiger partial charge in [-0.05, 0) is 32.8 Å². The van der Waals surface area contributed by atoms with Crippen molar-refractivity contribution in [2.24, 2.45) is 0 Å². The quantitative estimate of drug-likeness (QED) is 0.622. The molecule has 0 saturated carbocycles. The second-order valence-electron chi connectivity index (χ2n) is 5.21. The molecule has 0 N–H and O–H groups in total. The van der Waals surface area contributed by atoms with Gasteiger partial charge in [0.05, 0.1) is 6.61 Å². The van der Waals surface area contributed by atoms with Crippen LogP contribution in [0.25, 0.3) is 0 Å². The van der Waals surface area contributed by atoms with Gasteiger partial charge in [-0.2, -0.15) is 0 Å². The molecule has 2 rings (SSSR count). The van der Waals surface area contributed by atoms with E-state index >= 15 is 0 Å². The first-order valence-corrected chi connectivity index (χ1v) is 7.30. The maximum absolute atomic E-state index is 12.2. The van der Waals surface area contributed by atoms with Gasteiger partial charge in [-0.3, -0.25) is 9.69 Å². The summed E-state index contributed by atoms with van der Waals surface area (Å²) in [5.41, 5.74) is 1.23. The minimum Gasteiger partial charge on any atom is -0.465 e. The molecule has 0 fully saturated rings. The number of hydrogen-bond donors (Lipinski definition) is 0. The molecule has 0 amide bonds. The van der Waals surface area contributed by atoms with Crippen molar-refractivity contribution in [3.05, 3.63) is 48.0 Å². The molecule has 0 radical (unpaired) electrons. The summed E-state index contributed by atoms with van der Waals surface area (Å²) in [6.45, 7) is 6.56. The first kappa shape index (κ1) is 14.8. The zero-order chi connectivity index (χ0) is 14.5. The standard InChI is InChI=1S/C17H23NO2/c1-4-20-17(19)16-12-8-9-13(2)18(16)14(3)15-10-6-5-7-11-15/h5-11,13-14,16H,4,12H2,1-3H3/t13-,14+,16-/m0/s1. The number of benzene rings is 1. The number of esters is 1. The van der Waals surface area contributed by atoms with E-state index in [9.17, 15) is 4.79 Å². The molecule has 1 aliphatic rings. The van der Waals surface area contributed by atoms with E-state index in [1.165, 1.54) is 5.56 Å². The first-order valence-electron chi connectivity index (χ1n) is 7.30. The Labute approximate surface area is 121 Å². The van der Waals surface area contributed by atoms with Gasteiger partial charge < -0.3 is 4.74 Å². The summed E-state index contributed by atoms with van der Waals surface area (Å²) in [5.74, 6) is -0.119. The Kier molecular flexibility index (Phi) is 4.96. The van der Waals surface area contributed by atoms with Crippen LogP contribution in [0.15, 0.2) is 42.5 Å². The maximum atomic E-state index is 12.2. The monoisotopic (exact) mass is 273 g/mol. The van der Waals surface area contributed by atoms with Crippen LogP contribution in [-0.4, -0.2) is 29.6 Å². The van der Waals surface area contributed by atoms with Crippen LogP contribution in [0.5, 0.6) is 0 Å². The molecule has 3 nitrogen and oxygen atoms in total. The largest absolute Gasteiger partial charge is 0.465 e. The van der Waals surface area contributed by atoms with Crippen LogP contribution in [-0.2, 0) is 9.53 Å². The van der Waals surface area contributed by atoms with E-state index in [0.29, 0.717) is 6.61 Å². The molecule has 0 aromatic heterocycles. The van der Waals surface area contributed by atoms with Crippen molar-refractivity contribution < 1.29 is 9.53 Å². The third-order valence-electron chi connectivity index (χ3n) is 3.89. The van der Waals surface area contributed by atoms with Gasteiger partial charge in [-0.15, -0.1) is 0 Å². The van der Waals surface area contributed by atoms with E-state index in [1.807, 2.05) is 25.1 Å². The molecule has 3 heteroatoms. The summed E-state index contributed by atoms with van der Waals surface area (Å²) >= 11 is 0. The molecule has 108 valence electrons. The molecular weight excluding hydrogens is 250 g/mol. The van der Waals surface area contributed by atoms with Crippen molar-refractivity contribution in [3.63, 3.8) is 0 Å². The second kappa shape index (κ2) is 6.71. The number of nitrogens with zero attached hydrogens (tertiary/aromatic N) is 1. The zero-order valence-electron chi connectivity index (χ0n) is 12.5. The minimum absolute atomic E-state index is 0.119. The molecular formula is C17H23NO2. The molecule has 0 aliphatic carbocycles. The summed E-state index contributed by atoms with van der Waals surface area (Å²) in [6, 6.07) is 10.5. The fourth-order valence-corrected chi connectivity index (χ4v) is 2.89. The third kappa shape index (κ3) is 3.10. The Balaban J connectivity index is 2.24. The number of carbonyl (C=O) groups excluding carboxylic acids is 1. The van der Waals surface area contributed by atoms with Crippen LogP contribution in [0.4, 0.5) is 0 Å². The van der Waals surface area contributed by atoms with Gasteiger partial charge in [0.25, 0.3) is 0 Å². The highest BCUT2D eigenvalue weighted by atomic mass is 16.5. The summed E-state index contributed by atoms with van der Waals surface area (Å²) in [4.78, 5) is 14.4. The van der Waals surface area contributed by atoms with E-state index in [-0.39, 0.29) is 24.1 Å². The normalized spacial score (nSPS) is 24.4. The Morgan fingerprint density at radius 3 is 2.75 bits per heavy atom. The van der Waals surface area contributed by atoms with Crippen LogP contribution in [0, 0.1) is 0 Å². The average Bonchev–Trinajstić information content (AvgIpc) is 2.47. The van der Waals surface area contributed by atoms with E-state index in [1.54, 1.807) is 0 Å². The van der Waals surface area contributed by atoms with Crippen molar-refractivity contribution in [1.29, 1.82) is 0 Å². The molecule has 0 unspecified atom stereocenters. The van der Waals surface area contributed by atoms with Crippen molar-refractivity contribution in [1.82, 2.24) is 4.90 Å². The number of carbonyl (C=O) groups is 1. The molecule has 0 spiro atoms. The van der Waals surface area contributed by atoms with E-state index in [4.69, 9.17) is 4.74 Å². The van der Waals surface area contributed by atoms with Gasteiger partial charge in [0, 0.05) is 12.1 Å². The summed E-state index contributed by atoms with van der Waals surface area (Å²) < 4.78 is 5.23. The van der Waals surface area contributed by atoms with E-state index in [0.717, 1.165) is 6.42 Å². The number of hydrogen-bond acceptors (Lipinski definition) is 3. The smallest absolute Gasteiger partial charge is 0.323 e. The van der Waals surface area contributed by atoms with Gasteiger partial charge >= 0.3 is 5.97 Å². The molecule has 0 bridgehead atoms. The minimum atomic E-state index is -0.190. The molecule has 0 saturated heterocycles. The lowest BCUT2D eigenvalue weighted by molar-refractivity contribution is -0.151. The van der Waals surface area contributed by atoms with E-state index in [2.05, 4.69) is 43.0 Å². The van der Waals surface area contributed by atoms with Gasteiger partial charge in [-0.1, -0.05) is 42.5 Å². The SMILES string of the molecule is CCOC(=O)[C@@H]1CC=C[C@H](C)N1[C@H](C)c1ccccc1. The predicted octanol–water partition coefficient (Wildman–Crippen LogP) is 3.33. The van der Waals surface area contributed by atoms with Crippen LogP contribution in [0.2, 0.25) is 0 Å². The van der Waals surface area contributed by atoms with Crippen molar-refractivity contribution in [2.45, 2.75) is 45.3 Å². The van der Waals surface area contributed by atoms with Crippen molar-refractivity contribution in [2.75, 3.05) is 6.61 Å². The highest BCUT2D eigenvalue weighted by Gasteiger charge is 2.35.